The van der Waals surface area contributed by atoms with Crippen molar-refractivity contribution >= 4 is 23.3 Å². The predicted octanol–water partition coefficient (Wildman–Crippen LogP) is 2.89. The molecule has 3 heterocycles. The topological polar surface area (TPSA) is 97.8 Å². The average Bonchev–Trinajstić information content (AvgIpc) is 3.30. The van der Waals surface area contributed by atoms with E-state index in [1.165, 1.54) is 0 Å². The fraction of sp³-hybridized carbons (Fsp3) is 0.318. The van der Waals surface area contributed by atoms with Crippen LogP contribution in [-0.4, -0.2) is 69.5 Å². The van der Waals surface area contributed by atoms with Crippen molar-refractivity contribution in [2.45, 2.75) is 13.3 Å². The lowest BCUT2D eigenvalue weighted by atomic mass is 10.2. The van der Waals surface area contributed by atoms with Crippen LogP contribution in [0.1, 0.15) is 32.6 Å². The van der Waals surface area contributed by atoms with E-state index in [1.807, 2.05) is 19.1 Å². The van der Waals surface area contributed by atoms with E-state index >= 15 is 0 Å². The number of carbonyl (C=O) groups excluding carboxylic acids is 2. The zero-order valence-corrected chi connectivity index (χ0v) is 18.7. The lowest BCUT2D eigenvalue weighted by molar-refractivity contribution is 0.0671. The normalized spacial score (nSPS) is 14.8. The van der Waals surface area contributed by atoms with E-state index in [0.717, 1.165) is 11.5 Å². The molecule has 4 rings (SSSR count). The van der Waals surface area contributed by atoms with Gasteiger partial charge in [-0.15, -0.1) is 5.10 Å². The summed E-state index contributed by atoms with van der Waals surface area (Å²) in [5.41, 5.74) is 1.01. The number of fused-ring (bicyclic) bond motifs is 2. The van der Waals surface area contributed by atoms with E-state index in [-0.39, 0.29) is 24.3 Å². The smallest absolute Gasteiger partial charge is 0.267 e. The third-order valence-electron chi connectivity index (χ3n) is 5.10. The molecule has 1 aliphatic rings. The van der Waals surface area contributed by atoms with Gasteiger partial charge in [0, 0.05) is 26.3 Å². The van der Waals surface area contributed by atoms with Crippen LogP contribution in [0.25, 0.3) is 0 Å². The first kappa shape index (κ1) is 21.7. The minimum atomic E-state index is -0.244. The molecule has 0 atom stereocenters. The van der Waals surface area contributed by atoms with Crippen LogP contribution >= 0.6 is 11.5 Å². The number of para-hydroxylation sites is 2. The van der Waals surface area contributed by atoms with Crippen LogP contribution in [0.5, 0.6) is 17.4 Å². The van der Waals surface area contributed by atoms with Gasteiger partial charge in [0.05, 0.1) is 12.2 Å². The Labute approximate surface area is 189 Å². The fourth-order valence-corrected chi connectivity index (χ4v) is 4.02. The molecule has 0 bridgehead atoms. The van der Waals surface area contributed by atoms with Crippen molar-refractivity contribution in [3.63, 3.8) is 0 Å². The van der Waals surface area contributed by atoms with Crippen LogP contribution in [0.3, 0.4) is 0 Å². The second kappa shape index (κ2) is 9.73. The number of rotatable bonds is 2. The fourth-order valence-electron chi connectivity index (χ4n) is 3.30. The third-order valence-corrected chi connectivity index (χ3v) is 5.86. The van der Waals surface area contributed by atoms with Crippen molar-refractivity contribution in [2.24, 2.45) is 0 Å². The summed E-state index contributed by atoms with van der Waals surface area (Å²) >= 11 is 1.09. The maximum Gasteiger partial charge on any atom is 0.267 e. The molecule has 0 aliphatic carbocycles. The van der Waals surface area contributed by atoms with Crippen LogP contribution in [0.2, 0.25) is 0 Å². The molecule has 0 fully saturated rings. The van der Waals surface area contributed by atoms with Gasteiger partial charge in [0.25, 0.3) is 11.8 Å². The molecule has 10 heteroatoms. The summed E-state index contributed by atoms with van der Waals surface area (Å²) in [6.07, 6.45) is 2.19. The van der Waals surface area contributed by atoms with E-state index in [2.05, 4.69) is 14.6 Å². The maximum atomic E-state index is 13.2. The number of hydrogen-bond donors (Lipinski definition) is 0. The number of benzene rings is 1. The predicted molar refractivity (Wildman–Crippen MR) is 118 cm³/mol. The number of carbonyl (C=O) groups is 2. The number of ether oxygens (including phenoxy) is 2. The molecule has 166 valence electrons. The second-order valence-electron chi connectivity index (χ2n) is 7.17. The number of pyridine rings is 1. The standard InChI is InChI=1S/C22H23N5O4S/c1-3-16-19(32-25-24-16)22(29)27-12-11-26(2)21(28)15-7-6-10-23-20(15)31-18-9-5-4-8-17(18)30-14-13-27/h4-10H,3,11-14H2,1-2H3. The van der Waals surface area contributed by atoms with Gasteiger partial charge in [-0.1, -0.05) is 23.5 Å². The Kier molecular flexibility index (Phi) is 6.60. The van der Waals surface area contributed by atoms with Crippen LogP contribution < -0.4 is 9.47 Å². The highest BCUT2D eigenvalue weighted by molar-refractivity contribution is 7.08. The summed E-state index contributed by atoms with van der Waals surface area (Å²) in [7, 11) is 1.69. The summed E-state index contributed by atoms with van der Waals surface area (Å²) in [6.45, 7) is 3.20. The zero-order valence-electron chi connectivity index (χ0n) is 17.9. The Bertz CT molecular complexity index is 1120. The van der Waals surface area contributed by atoms with Gasteiger partial charge >= 0.3 is 0 Å². The number of likely N-dealkylation sites (N-methyl/N-ethyl adjacent to an activating group) is 1. The number of nitrogens with zero attached hydrogens (tertiary/aromatic N) is 5. The van der Waals surface area contributed by atoms with E-state index in [0.29, 0.717) is 53.7 Å². The highest BCUT2D eigenvalue weighted by Crippen LogP contribution is 2.32. The lowest BCUT2D eigenvalue weighted by Crippen LogP contribution is -2.41. The Balaban J connectivity index is 1.66. The molecule has 0 N–H and O–H groups in total. The van der Waals surface area contributed by atoms with E-state index < -0.39 is 0 Å². The van der Waals surface area contributed by atoms with Crippen LogP contribution in [0.4, 0.5) is 0 Å². The molecule has 0 saturated carbocycles. The van der Waals surface area contributed by atoms with E-state index in [4.69, 9.17) is 9.47 Å². The first-order chi connectivity index (χ1) is 15.6. The Morgan fingerprint density at radius 2 is 1.94 bits per heavy atom. The third kappa shape index (κ3) is 4.54. The Morgan fingerprint density at radius 1 is 1.12 bits per heavy atom. The van der Waals surface area contributed by atoms with Crippen LogP contribution in [0.15, 0.2) is 42.6 Å². The summed E-state index contributed by atoms with van der Waals surface area (Å²) in [5.74, 6) is 0.746. The summed E-state index contributed by atoms with van der Waals surface area (Å²) in [6, 6.07) is 10.5. The van der Waals surface area contributed by atoms with Crippen molar-refractivity contribution in [1.29, 1.82) is 0 Å². The molecule has 2 aromatic heterocycles. The van der Waals surface area contributed by atoms with Crippen molar-refractivity contribution in [1.82, 2.24) is 24.4 Å². The van der Waals surface area contributed by atoms with Crippen LogP contribution in [-0.2, 0) is 6.42 Å². The molecule has 32 heavy (non-hydrogen) atoms. The molecule has 2 amide bonds. The maximum absolute atomic E-state index is 13.2. The highest BCUT2D eigenvalue weighted by Gasteiger charge is 2.25. The van der Waals surface area contributed by atoms with Crippen LogP contribution in [0, 0.1) is 0 Å². The lowest BCUT2D eigenvalue weighted by Gasteiger charge is -2.25. The molecule has 0 radical (unpaired) electrons. The molecular weight excluding hydrogens is 430 g/mol. The number of aryl methyl sites for hydroxylation is 1. The first-order valence-electron chi connectivity index (χ1n) is 10.3. The largest absolute Gasteiger partial charge is 0.488 e. The summed E-state index contributed by atoms with van der Waals surface area (Å²) < 4.78 is 15.8. The van der Waals surface area contributed by atoms with Gasteiger partial charge in [0.1, 0.15) is 17.0 Å². The SMILES string of the molecule is CCc1nnsc1C(=O)N1CCOc2ccccc2Oc2ncccc2C(=O)N(C)CC1. The molecular formula is C22H23N5O4S. The number of amides is 2. The second-order valence-corrected chi connectivity index (χ2v) is 7.93. The van der Waals surface area contributed by atoms with Gasteiger partial charge in [-0.2, -0.15) is 0 Å². The molecule has 9 nitrogen and oxygen atoms in total. The molecule has 0 spiro atoms. The number of hydrogen-bond acceptors (Lipinski definition) is 8. The molecule has 1 aromatic carbocycles. The highest BCUT2D eigenvalue weighted by atomic mass is 32.1. The summed E-state index contributed by atoms with van der Waals surface area (Å²) in [4.78, 5) is 34.3. The van der Waals surface area contributed by atoms with Gasteiger partial charge in [-0.05, 0) is 42.2 Å². The molecule has 0 unspecified atom stereocenters. The molecule has 0 saturated heterocycles. The Hall–Kier alpha value is -3.53. The van der Waals surface area contributed by atoms with E-state index in [9.17, 15) is 9.59 Å². The van der Waals surface area contributed by atoms with Gasteiger partial charge in [0.2, 0.25) is 5.88 Å². The van der Waals surface area contributed by atoms with Crippen molar-refractivity contribution in [3.8, 4) is 17.4 Å². The zero-order chi connectivity index (χ0) is 22.5. The van der Waals surface area contributed by atoms with Gasteiger partial charge in [-0.3, -0.25) is 9.59 Å². The number of aromatic nitrogens is 3. The quantitative estimate of drug-likeness (QED) is 0.588. The van der Waals surface area contributed by atoms with Crippen molar-refractivity contribution < 1.29 is 19.1 Å². The Morgan fingerprint density at radius 3 is 2.75 bits per heavy atom. The van der Waals surface area contributed by atoms with Gasteiger partial charge in [0.15, 0.2) is 11.5 Å². The molecule has 1 aliphatic heterocycles. The van der Waals surface area contributed by atoms with Gasteiger partial charge < -0.3 is 19.3 Å². The molecule has 3 aromatic rings. The monoisotopic (exact) mass is 453 g/mol. The minimum absolute atomic E-state index is 0.164. The van der Waals surface area contributed by atoms with Crippen molar-refractivity contribution in [3.05, 3.63) is 58.7 Å². The average molecular weight is 454 g/mol. The van der Waals surface area contributed by atoms with Crippen molar-refractivity contribution in [2.75, 3.05) is 33.3 Å². The minimum Gasteiger partial charge on any atom is -0.488 e. The summed E-state index contributed by atoms with van der Waals surface area (Å²) in [5, 5.41) is 4.05. The van der Waals surface area contributed by atoms with Gasteiger partial charge in [-0.25, -0.2) is 4.98 Å². The van der Waals surface area contributed by atoms with E-state index in [1.54, 1.807) is 47.3 Å². The first-order valence-corrected chi connectivity index (χ1v) is 11.1.